The number of hydrogen-bond donors (Lipinski definition) is 1. The quantitative estimate of drug-likeness (QED) is 0.724. The summed E-state index contributed by atoms with van der Waals surface area (Å²) in [5.41, 5.74) is 5.70. The van der Waals surface area contributed by atoms with Crippen molar-refractivity contribution in [3.05, 3.63) is 0 Å². The van der Waals surface area contributed by atoms with E-state index in [2.05, 4.69) is 11.8 Å². The van der Waals surface area contributed by atoms with Crippen LogP contribution in [0.5, 0.6) is 0 Å². The van der Waals surface area contributed by atoms with Crippen molar-refractivity contribution in [2.75, 3.05) is 26.7 Å². The summed E-state index contributed by atoms with van der Waals surface area (Å²) >= 11 is 0. The minimum Gasteiger partial charge on any atom is -0.381 e. The Morgan fingerprint density at radius 1 is 1.31 bits per heavy atom. The van der Waals surface area contributed by atoms with Gasteiger partial charge in [0.2, 0.25) is 0 Å². The molecule has 0 radical (unpaired) electrons. The molecule has 2 unspecified atom stereocenters. The molecule has 0 bridgehead atoms. The Kier molecular flexibility index (Phi) is 7.01. The highest BCUT2D eigenvalue weighted by atomic mass is 16.5. The van der Waals surface area contributed by atoms with Gasteiger partial charge >= 0.3 is 0 Å². The first-order valence-electron chi connectivity index (χ1n) is 6.78. The summed E-state index contributed by atoms with van der Waals surface area (Å²) in [6.07, 6.45) is 8.08. The van der Waals surface area contributed by atoms with Gasteiger partial charge in [0.1, 0.15) is 0 Å². The van der Waals surface area contributed by atoms with Gasteiger partial charge in [-0.05, 0) is 38.6 Å². The molecule has 0 spiro atoms. The summed E-state index contributed by atoms with van der Waals surface area (Å²) < 4.78 is 5.50. The number of nitrogens with two attached hydrogens (primary N) is 1. The van der Waals surface area contributed by atoms with Crippen LogP contribution in [-0.2, 0) is 4.74 Å². The maximum absolute atomic E-state index is 5.70. The molecule has 0 aliphatic heterocycles. The Balaban J connectivity index is 2.41. The SMILES string of the molecule is CCCCN(CCN)C1CCCC(OC)C1. The summed E-state index contributed by atoms with van der Waals surface area (Å²) in [5, 5.41) is 0. The molecule has 1 aliphatic rings. The van der Waals surface area contributed by atoms with Gasteiger partial charge in [0.25, 0.3) is 0 Å². The molecule has 0 amide bonds. The molecule has 1 saturated carbocycles. The Morgan fingerprint density at radius 2 is 2.12 bits per heavy atom. The Morgan fingerprint density at radius 3 is 2.75 bits per heavy atom. The third-order valence-electron chi connectivity index (χ3n) is 3.66. The summed E-state index contributed by atoms with van der Waals surface area (Å²) in [4.78, 5) is 2.58. The van der Waals surface area contributed by atoms with E-state index in [0.29, 0.717) is 12.1 Å². The minimum atomic E-state index is 0.473. The third kappa shape index (κ3) is 4.40. The molecular formula is C13H28N2O. The molecule has 3 heteroatoms. The van der Waals surface area contributed by atoms with Crippen LogP contribution in [0.4, 0.5) is 0 Å². The number of unbranched alkanes of at least 4 members (excludes halogenated alkanes) is 1. The highest BCUT2D eigenvalue weighted by Gasteiger charge is 2.25. The van der Waals surface area contributed by atoms with Gasteiger partial charge in [-0.2, -0.15) is 0 Å². The smallest absolute Gasteiger partial charge is 0.0586 e. The van der Waals surface area contributed by atoms with E-state index in [0.717, 1.165) is 13.1 Å². The number of ether oxygens (including phenoxy) is 1. The summed E-state index contributed by atoms with van der Waals surface area (Å²) in [5.74, 6) is 0. The number of methoxy groups -OCH3 is 1. The molecular weight excluding hydrogens is 200 g/mol. The van der Waals surface area contributed by atoms with Gasteiger partial charge < -0.3 is 10.5 Å². The molecule has 3 nitrogen and oxygen atoms in total. The average Bonchev–Trinajstić information content (AvgIpc) is 2.34. The van der Waals surface area contributed by atoms with Crippen molar-refractivity contribution < 1.29 is 4.74 Å². The zero-order valence-electron chi connectivity index (χ0n) is 11.0. The Bertz CT molecular complexity index is 173. The zero-order valence-corrected chi connectivity index (χ0v) is 11.0. The lowest BCUT2D eigenvalue weighted by Gasteiger charge is -2.37. The van der Waals surface area contributed by atoms with Crippen LogP contribution in [0.1, 0.15) is 45.4 Å². The Labute approximate surface area is 100 Å². The van der Waals surface area contributed by atoms with Crippen LogP contribution in [-0.4, -0.2) is 43.8 Å². The first-order valence-corrected chi connectivity index (χ1v) is 6.78. The maximum Gasteiger partial charge on any atom is 0.0586 e. The van der Waals surface area contributed by atoms with Gasteiger partial charge in [0, 0.05) is 26.2 Å². The standard InChI is InChI=1S/C13H28N2O/c1-3-4-9-15(10-8-14)12-6-5-7-13(11-12)16-2/h12-13H,3-11,14H2,1-2H3. The second-order valence-corrected chi connectivity index (χ2v) is 4.86. The van der Waals surface area contributed by atoms with Gasteiger partial charge in [-0.25, -0.2) is 0 Å². The van der Waals surface area contributed by atoms with Crippen LogP contribution < -0.4 is 5.73 Å². The first-order chi connectivity index (χ1) is 7.81. The van der Waals surface area contributed by atoms with Crippen LogP contribution in [0.3, 0.4) is 0 Å². The lowest BCUT2D eigenvalue weighted by atomic mass is 9.91. The molecule has 2 atom stereocenters. The monoisotopic (exact) mass is 228 g/mol. The molecule has 1 fully saturated rings. The predicted molar refractivity (Wildman–Crippen MR) is 68.6 cm³/mol. The lowest BCUT2D eigenvalue weighted by Crippen LogP contribution is -2.43. The van der Waals surface area contributed by atoms with Gasteiger partial charge in [-0.3, -0.25) is 4.90 Å². The normalized spacial score (nSPS) is 26.2. The largest absolute Gasteiger partial charge is 0.381 e. The predicted octanol–water partition coefficient (Wildman–Crippen LogP) is 2.00. The molecule has 0 aromatic rings. The first kappa shape index (κ1) is 13.9. The van der Waals surface area contributed by atoms with Crippen molar-refractivity contribution in [2.45, 2.75) is 57.6 Å². The average molecular weight is 228 g/mol. The summed E-state index contributed by atoms with van der Waals surface area (Å²) in [6, 6.07) is 0.703. The molecule has 16 heavy (non-hydrogen) atoms. The molecule has 0 heterocycles. The maximum atomic E-state index is 5.70. The number of hydrogen-bond acceptors (Lipinski definition) is 3. The van der Waals surface area contributed by atoms with E-state index >= 15 is 0 Å². The summed E-state index contributed by atoms with van der Waals surface area (Å²) in [6.45, 7) is 5.27. The van der Waals surface area contributed by atoms with Crippen molar-refractivity contribution in [3.63, 3.8) is 0 Å². The fourth-order valence-electron chi connectivity index (χ4n) is 2.67. The molecule has 96 valence electrons. The Hall–Kier alpha value is -0.120. The number of nitrogens with zero attached hydrogens (tertiary/aromatic N) is 1. The van der Waals surface area contributed by atoms with Gasteiger partial charge in [0.05, 0.1) is 6.10 Å². The highest BCUT2D eigenvalue weighted by Crippen LogP contribution is 2.24. The molecule has 1 aliphatic carbocycles. The van der Waals surface area contributed by atoms with Gasteiger partial charge in [-0.1, -0.05) is 13.3 Å². The lowest BCUT2D eigenvalue weighted by molar-refractivity contribution is 0.0283. The topological polar surface area (TPSA) is 38.5 Å². The van der Waals surface area contributed by atoms with Crippen molar-refractivity contribution in [1.29, 1.82) is 0 Å². The van der Waals surface area contributed by atoms with E-state index in [1.54, 1.807) is 0 Å². The molecule has 0 saturated heterocycles. The van der Waals surface area contributed by atoms with E-state index < -0.39 is 0 Å². The summed E-state index contributed by atoms with van der Waals surface area (Å²) in [7, 11) is 1.84. The van der Waals surface area contributed by atoms with Crippen LogP contribution in [0.15, 0.2) is 0 Å². The highest BCUT2D eigenvalue weighted by molar-refractivity contribution is 4.81. The van der Waals surface area contributed by atoms with E-state index in [1.807, 2.05) is 7.11 Å². The van der Waals surface area contributed by atoms with E-state index in [-0.39, 0.29) is 0 Å². The van der Waals surface area contributed by atoms with Crippen LogP contribution in [0, 0.1) is 0 Å². The van der Waals surface area contributed by atoms with Gasteiger partial charge in [0.15, 0.2) is 0 Å². The second-order valence-electron chi connectivity index (χ2n) is 4.86. The van der Waals surface area contributed by atoms with E-state index in [4.69, 9.17) is 10.5 Å². The second kappa shape index (κ2) is 8.04. The van der Waals surface area contributed by atoms with Crippen molar-refractivity contribution >= 4 is 0 Å². The van der Waals surface area contributed by atoms with Crippen molar-refractivity contribution in [2.24, 2.45) is 5.73 Å². The molecule has 2 N–H and O–H groups in total. The van der Waals surface area contributed by atoms with Crippen LogP contribution >= 0.6 is 0 Å². The van der Waals surface area contributed by atoms with E-state index in [1.165, 1.54) is 45.1 Å². The van der Waals surface area contributed by atoms with Gasteiger partial charge in [-0.15, -0.1) is 0 Å². The molecule has 1 rings (SSSR count). The zero-order chi connectivity index (χ0) is 11.8. The number of rotatable bonds is 7. The third-order valence-corrected chi connectivity index (χ3v) is 3.66. The molecule has 0 aromatic heterocycles. The fourth-order valence-corrected chi connectivity index (χ4v) is 2.67. The van der Waals surface area contributed by atoms with Crippen LogP contribution in [0.25, 0.3) is 0 Å². The van der Waals surface area contributed by atoms with Crippen molar-refractivity contribution in [3.8, 4) is 0 Å². The minimum absolute atomic E-state index is 0.473. The van der Waals surface area contributed by atoms with E-state index in [9.17, 15) is 0 Å². The van der Waals surface area contributed by atoms with Crippen molar-refractivity contribution in [1.82, 2.24) is 4.90 Å². The van der Waals surface area contributed by atoms with Crippen LogP contribution in [0.2, 0.25) is 0 Å². The molecule has 0 aromatic carbocycles. The fraction of sp³-hybridized carbons (Fsp3) is 1.00.